The lowest BCUT2D eigenvalue weighted by atomic mass is 9.94. The van der Waals surface area contributed by atoms with E-state index < -0.39 is 0 Å². The van der Waals surface area contributed by atoms with Gasteiger partial charge in [-0.15, -0.1) is 0 Å². The van der Waals surface area contributed by atoms with Gasteiger partial charge in [0.2, 0.25) is 5.91 Å². The fourth-order valence-corrected chi connectivity index (χ4v) is 2.73. The van der Waals surface area contributed by atoms with Gasteiger partial charge in [0.05, 0.1) is 10.0 Å². The molecule has 118 valence electrons. The van der Waals surface area contributed by atoms with Gasteiger partial charge < -0.3 is 10.6 Å². The highest BCUT2D eigenvalue weighted by molar-refractivity contribution is 6.42. The van der Waals surface area contributed by atoms with E-state index in [4.69, 9.17) is 28.9 Å². The predicted octanol–water partition coefficient (Wildman–Crippen LogP) is 3.96. The third-order valence-electron chi connectivity index (χ3n) is 3.47. The summed E-state index contributed by atoms with van der Waals surface area (Å²) in [6.07, 6.45) is 1.44. The highest BCUT2D eigenvalue weighted by Crippen LogP contribution is 2.26. The fourth-order valence-electron chi connectivity index (χ4n) is 2.35. The first kappa shape index (κ1) is 18.3. The molecule has 1 rings (SSSR count). The van der Waals surface area contributed by atoms with Gasteiger partial charge in [0, 0.05) is 20.0 Å². The fraction of sp³-hybridized carbons (Fsp3) is 0.562. The molecule has 0 spiro atoms. The average molecular weight is 331 g/mol. The molecule has 21 heavy (non-hydrogen) atoms. The second kappa shape index (κ2) is 8.62. The van der Waals surface area contributed by atoms with Crippen molar-refractivity contribution in [3.63, 3.8) is 0 Å². The lowest BCUT2D eigenvalue weighted by Crippen LogP contribution is -2.30. The zero-order valence-corrected chi connectivity index (χ0v) is 14.4. The zero-order valence-electron chi connectivity index (χ0n) is 12.9. The number of amides is 1. The summed E-state index contributed by atoms with van der Waals surface area (Å²) < 4.78 is 0. The minimum absolute atomic E-state index is 0.0853. The van der Waals surface area contributed by atoms with Gasteiger partial charge >= 0.3 is 0 Å². The van der Waals surface area contributed by atoms with Crippen molar-refractivity contribution in [3.05, 3.63) is 33.8 Å². The third-order valence-corrected chi connectivity index (χ3v) is 4.32. The number of halogens is 2. The van der Waals surface area contributed by atoms with Crippen LogP contribution in [0.25, 0.3) is 0 Å². The Balaban J connectivity index is 2.64. The lowest BCUT2D eigenvalue weighted by molar-refractivity contribution is -0.131. The lowest BCUT2D eigenvalue weighted by Gasteiger charge is -2.22. The maximum atomic E-state index is 12.3. The van der Waals surface area contributed by atoms with E-state index in [-0.39, 0.29) is 11.8 Å². The monoisotopic (exact) mass is 330 g/mol. The van der Waals surface area contributed by atoms with Gasteiger partial charge in [0.1, 0.15) is 0 Å². The molecule has 1 aromatic carbocycles. The SMILES string of the molecule is CC(C)C[C@H](CN)CC(=O)N(C)Cc1cccc(Cl)c1Cl. The Kier molecular flexibility index (Phi) is 7.50. The van der Waals surface area contributed by atoms with Crippen LogP contribution in [-0.4, -0.2) is 24.4 Å². The van der Waals surface area contributed by atoms with Gasteiger partial charge in [0.15, 0.2) is 0 Å². The highest BCUT2D eigenvalue weighted by atomic mass is 35.5. The summed E-state index contributed by atoms with van der Waals surface area (Å²) in [4.78, 5) is 14.0. The van der Waals surface area contributed by atoms with Crippen LogP contribution in [0.4, 0.5) is 0 Å². The van der Waals surface area contributed by atoms with Gasteiger partial charge in [-0.25, -0.2) is 0 Å². The number of hydrogen-bond donors (Lipinski definition) is 1. The van der Waals surface area contributed by atoms with Crippen molar-refractivity contribution < 1.29 is 4.79 Å². The number of hydrogen-bond acceptors (Lipinski definition) is 2. The average Bonchev–Trinajstić information content (AvgIpc) is 2.42. The topological polar surface area (TPSA) is 46.3 Å². The van der Waals surface area contributed by atoms with Crippen LogP contribution < -0.4 is 5.73 Å². The van der Waals surface area contributed by atoms with Crippen LogP contribution in [-0.2, 0) is 11.3 Å². The molecule has 0 aliphatic carbocycles. The Morgan fingerprint density at radius 1 is 1.33 bits per heavy atom. The minimum atomic E-state index is 0.0853. The van der Waals surface area contributed by atoms with E-state index >= 15 is 0 Å². The van der Waals surface area contributed by atoms with Gasteiger partial charge in [-0.1, -0.05) is 49.2 Å². The van der Waals surface area contributed by atoms with E-state index in [1.54, 1.807) is 18.0 Å². The molecule has 0 unspecified atom stereocenters. The van der Waals surface area contributed by atoms with Crippen molar-refractivity contribution in [2.24, 2.45) is 17.6 Å². The number of benzene rings is 1. The second-order valence-electron chi connectivity index (χ2n) is 5.90. The van der Waals surface area contributed by atoms with E-state index in [0.29, 0.717) is 35.5 Å². The van der Waals surface area contributed by atoms with E-state index in [2.05, 4.69) is 13.8 Å². The quantitative estimate of drug-likeness (QED) is 0.822. The van der Waals surface area contributed by atoms with Crippen LogP contribution in [0.15, 0.2) is 18.2 Å². The second-order valence-corrected chi connectivity index (χ2v) is 6.68. The normalized spacial score (nSPS) is 12.5. The van der Waals surface area contributed by atoms with Gasteiger partial charge in [-0.3, -0.25) is 4.79 Å². The zero-order chi connectivity index (χ0) is 16.0. The summed E-state index contributed by atoms with van der Waals surface area (Å²) in [5, 5.41) is 1.02. The van der Waals surface area contributed by atoms with Gasteiger partial charge in [-0.05, 0) is 36.4 Å². The predicted molar refractivity (Wildman–Crippen MR) is 89.6 cm³/mol. The summed E-state index contributed by atoms with van der Waals surface area (Å²) in [5.74, 6) is 0.857. The number of carbonyl (C=O) groups excluding carboxylic acids is 1. The molecule has 0 saturated heterocycles. The van der Waals surface area contributed by atoms with Crippen LogP contribution in [0, 0.1) is 11.8 Å². The molecule has 0 aromatic heterocycles. The van der Waals surface area contributed by atoms with Crippen molar-refractivity contribution in [2.45, 2.75) is 33.2 Å². The molecule has 2 N–H and O–H groups in total. The van der Waals surface area contributed by atoms with E-state index in [1.165, 1.54) is 0 Å². The number of nitrogens with two attached hydrogens (primary N) is 1. The van der Waals surface area contributed by atoms with Crippen molar-refractivity contribution in [1.29, 1.82) is 0 Å². The molecule has 5 heteroatoms. The van der Waals surface area contributed by atoms with Crippen LogP contribution in [0.3, 0.4) is 0 Å². The number of rotatable bonds is 7. The molecule has 0 aliphatic heterocycles. The Hall–Kier alpha value is -0.770. The van der Waals surface area contributed by atoms with E-state index in [0.717, 1.165) is 12.0 Å². The Bertz CT molecular complexity index is 477. The molecule has 0 aliphatic rings. The van der Waals surface area contributed by atoms with Gasteiger partial charge in [0.25, 0.3) is 0 Å². The van der Waals surface area contributed by atoms with Crippen molar-refractivity contribution in [3.8, 4) is 0 Å². The molecule has 0 radical (unpaired) electrons. The molecule has 0 heterocycles. The van der Waals surface area contributed by atoms with Crippen molar-refractivity contribution >= 4 is 29.1 Å². The summed E-state index contributed by atoms with van der Waals surface area (Å²) >= 11 is 12.1. The maximum absolute atomic E-state index is 12.3. The Morgan fingerprint density at radius 2 is 2.00 bits per heavy atom. The third kappa shape index (κ3) is 5.85. The van der Waals surface area contributed by atoms with Crippen LogP contribution in [0.2, 0.25) is 10.0 Å². The first-order valence-corrected chi connectivity index (χ1v) is 7.97. The van der Waals surface area contributed by atoms with Crippen LogP contribution in [0.1, 0.15) is 32.3 Å². The standard InChI is InChI=1S/C16H24Cl2N2O/c1-11(2)7-12(9-19)8-15(21)20(3)10-13-5-4-6-14(17)16(13)18/h4-6,11-12H,7-10,19H2,1-3H3/t12-/m0/s1. The Morgan fingerprint density at radius 3 is 2.57 bits per heavy atom. The van der Waals surface area contributed by atoms with E-state index in [1.807, 2.05) is 12.1 Å². The molecule has 0 bridgehead atoms. The molecular weight excluding hydrogens is 307 g/mol. The molecule has 0 fully saturated rings. The highest BCUT2D eigenvalue weighted by Gasteiger charge is 2.18. The summed E-state index contributed by atoms with van der Waals surface area (Å²) in [6, 6.07) is 5.46. The minimum Gasteiger partial charge on any atom is -0.341 e. The largest absolute Gasteiger partial charge is 0.341 e. The molecule has 0 saturated carbocycles. The first-order valence-electron chi connectivity index (χ1n) is 7.22. The van der Waals surface area contributed by atoms with Crippen molar-refractivity contribution in [2.75, 3.05) is 13.6 Å². The maximum Gasteiger partial charge on any atom is 0.222 e. The Labute approximate surface area is 137 Å². The van der Waals surface area contributed by atoms with Crippen LogP contribution >= 0.6 is 23.2 Å². The molecule has 3 nitrogen and oxygen atoms in total. The summed E-state index contributed by atoms with van der Waals surface area (Å²) in [7, 11) is 1.78. The summed E-state index contributed by atoms with van der Waals surface area (Å²) in [5.41, 5.74) is 6.61. The van der Waals surface area contributed by atoms with Gasteiger partial charge in [-0.2, -0.15) is 0 Å². The molecule has 1 amide bonds. The molecular formula is C16H24Cl2N2O. The smallest absolute Gasteiger partial charge is 0.222 e. The number of nitrogens with zero attached hydrogens (tertiary/aromatic N) is 1. The summed E-state index contributed by atoms with van der Waals surface area (Å²) in [6.45, 7) is 5.28. The van der Waals surface area contributed by atoms with Crippen molar-refractivity contribution in [1.82, 2.24) is 4.90 Å². The van der Waals surface area contributed by atoms with E-state index in [9.17, 15) is 4.79 Å². The molecule has 1 atom stereocenters. The number of carbonyl (C=O) groups is 1. The van der Waals surface area contributed by atoms with Crippen LogP contribution in [0.5, 0.6) is 0 Å². The molecule has 1 aromatic rings. The first-order chi connectivity index (χ1) is 9.85.